The molecule has 0 amide bonds. The fraction of sp³-hybridized carbons (Fsp3) is 0.583. The minimum absolute atomic E-state index is 0.00966. The third-order valence-electron chi connectivity index (χ3n) is 3.70. The predicted molar refractivity (Wildman–Crippen MR) is 69.4 cm³/mol. The number of pyridine rings is 1. The highest BCUT2D eigenvalue weighted by molar-refractivity contribution is 7.89. The first kappa shape index (κ1) is 13.5. The van der Waals surface area contributed by atoms with Crippen molar-refractivity contribution in [2.75, 3.05) is 13.1 Å². The molecule has 100 valence electrons. The van der Waals surface area contributed by atoms with E-state index >= 15 is 0 Å². The summed E-state index contributed by atoms with van der Waals surface area (Å²) in [5.41, 5.74) is 6.05. The Hall–Kier alpha value is -0.980. The molecule has 0 bridgehead atoms. The Morgan fingerprint density at radius 3 is 2.56 bits per heavy atom. The molecule has 1 aliphatic rings. The number of nitrogens with two attached hydrogens (primary N) is 1. The Labute approximate surface area is 108 Å². The molecule has 0 radical (unpaired) electrons. The zero-order valence-corrected chi connectivity index (χ0v) is 11.5. The van der Waals surface area contributed by atoms with Crippen molar-refractivity contribution < 1.29 is 8.42 Å². The lowest BCUT2D eigenvalue weighted by Crippen LogP contribution is -2.54. The monoisotopic (exact) mass is 269 g/mol. The van der Waals surface area contributed by atoms with Gasteiger partial charge in [-0.05, 0) is 24.0 Å². The SMILES string of the molecule is CC1(C)CCN(S(=O)(=O)c2ccncc2)CC1N. The second kappa shape index (κ2) is 4.60. The number of hydrogen-bond acceptors (Lipinski definition) is 4. The number of piperidine rings is 1. The Balaban J connectivity index is 2.24. The minimum atomic E-state index is -3.43. The fourth-order valence-corrected chi connectivity index (χ4v) is 3.49. The summed E-state index contributed by atoms with van der Waals surface area (Å²) in [7, 11) is -3.43. The molecule has 1 atom stereocenters. The van der Waals surface area contributed by atoms with Crippen molar-refractivity contribution in [3.63, 3.8) is 0 Å². The summed E-state index contributed by atoms with van der Waals surface area (Å²) in [6.45, 7) is 5.05. The maximum Gasteiger partial charge on any atom is 0.243 e. The first-order valence-electron chi connectivity index (χ1n) is 6.00. The van der Waals surface area contributed by atoms with Crippen LogP contribution in [0.4, 0.5) is 0 Å². The zero-order valence-electron chi connectivity index (χ0n) is 10.7. The number of rotatable bonds is 2. The molecule has 0 saturated carbocycles. The van der Waals surface area contributed by atoms with E-state index < -0.39 is 10.0 Å². The minimum Gasteiger partial charge on any atom is -0.326 e. The van der Waals surface area contributed by atoms with Gasteiger partial charge in [0.25, 0.3) is 0 Å². The zero-order chi connectivity index (χ0) is 13.4. The van der Waals surface area contributed by atoms with Crippen LogP contribution in [0.25, 0.3) is 0 Å². The molecule has 1 unspecified atom stereocenters. The van der Waals surface area contributed by atoms with Crippen molar-refractivity contribution in [2.45, 2.75) is 31.2 Å². The van der Waals surface area contributed by atoms with Crippen LogP contribution in [0.5, 0.6) is 0 Å². The lowest BCUT2D eigenvalue weighted by atomic mass is 9.79. The van der Waals surface area contributed by atoms with Gasteiger partial charge in [-0.15, -0.1) is 0 Å². The Kier molecular flexibility index (Phi) is 3.44. The van der Waals surface area contributed by atoms with Gasteiger partial charge >= 0.3 is 0 Å². The summed E-state index contributed by atoms with van der Waals surface area (Å²) in [6.07, 6.45) is 3.75. The third kappa shape index (κ3) is 2.41. The van der Waals surface area contributed by atoms with Crippen LogP contribution in [0.3, 0.4) is 0 Å². The van der Waals surface area contributed by atoms with Gasteiger partial charge in [-0.2, -0.15) is 4.31 Å². The van der Waals surface area contributed by atoms with E-state index in [-0.39, 0.29) is 16.4 Å². The lowest BCUT2D eigenvalue weighted by Gasteiger charge is -2.41. The molecule has 0 aliphatic carbocycles. The first-order chi connectivity index (χ1) is 8.34. The van der Waals surface area contributed by atoms with E-state index in [9.17, 15) is 8.42 Å². The number of sulfonamides is 1. The van der Waals surface area contributed by atoms with E-state index in [1.807, 2.05) is 0 Å². The topological polar surface area (TPSA) is 76.3 Å². The van der Waals surface area contributed by atoms with Gasteiger partial charge in [-0.25, -0.2) is 8.42 Å². The van der Waals surface area contributed by atoms with Gasteiger partial charge < -0.3 is 5.73 Å². The molecule has 6 heteroatoms. The molecule has 1 aliphatic heterocycles. The van der Waals surface area contributed by atoms with Gasteiger partial charge in [-0.3, -0.25) is 4.98 Å². The highest BCUT2D eigenvalue weighted by Crippen LogP contribution is 2.31. The van der Waals surface area contributed by atoms with Crippen LogP contribution < -0.4 is 5.73 Å². The van der Waals surface area contributed by atoms with Crippen LogP contribution >= 0.6 is 0 Å². The summed E-state index contributed by atoms with van der Waals surface area (Å²) in [5.74, 6) is 0. The van der Waals surface area contributed by atoms with Crippen molar-refractivity contribution >= 4 is 10.0 Å². The maximum atomic E-state index is 12.4. The molecule has 2 heterocycles. The Morgan fingerprint density at radius 2 is 2.00 bits per heavy atom. The highest BCUT2D eigenvalue weighted by Gasteiger charge is 2.37. The second-order valence-electron chi connectivity index (χ2n) is 5.39. The molecule has 2 N–H and O–H groups in total. The Morgan fingerprint density at radius 1 is 1.39 bits per heavy atom. The van der Waals surface area contributed by atoms with E-state index in [1.165, 1.54) is 28.8 Å². The molecule has 5 nitrogen and oxygen atoms in total. The quantitative estimate of drug-likeness (QED) is 0.862. The standard InChI is InChI=1S/C12H19N3O2S/c1-12(2)5-8-15(9-11(12)13)18(16,17)10-3-6-14-7-4-10/h3-4,6-7,11H,5,8-9,13H2,1-2H3. The molecular weight excluding hydrogens is 250 g/mol. The molecule has 0 spiro atoms. The normalized spacial score (nSPS) is 24.9. The van der Waals surface area contributed by atoms with Gasteiger partial charge in [0.15, 0.2) is 0 Å². The summed E-state index contributed by atoms with van der Waals surface area (Å²) in [6, 6.07) is 2.89. The van der Waals surface area contributed by atoms with E-state index in [0.717, 1.165) is 6.42 Å². The van der Waals surface area contributed by atoms with Crippen molar-refractivity contribution in [1.29, 1.82) is 0 Å². The number of nitrogens with zero attached hydrogens (tertiary/aromatic N) is 2. The molecule has 1 fully saturated rings. The van der Waals surface area contributed by atoms with Gasteiger partial charge in [0.05, 0.1) is 4.90 Å². The average molecular weight is 269 g/mol. The van der Waals surface area contributed by atoms with Crippen LogP contribution in [0, 0.1) is 5.41 Å². The largest absolute Gasteiger partial charge is 0.326 e. The average Bonchev–Trinajstić information content (AvgIpc) is 2.33. The van der Waals surface area contributed by atoms with Crippen molar-refractivity contribution in [3.8, 4) is 0 Å². The predicted octanol–water partition coefficient (Wildman–Crippen LogP) is 0.830. The van der Waals surface area contributed by atoms with Crippen LogP contribution in [-0.2, 0) is 10.0 Å². The lowest BCUT2D eigenvalue weighted by molar-refractivity contribution is 0.161. The molecular formula is C12H19N3O2S. The molecule has 18 heavy (non-hydrogen) atoms. The molecule has 2 rings (SSSR count). The second-order valence-corrected chi connectivity index (χ2v) is 7.33. The van der Waals surface area contributed by atoms with E-state index in [0.29, 0.717) is 13.1 Å². The van der Waals surface area contributed by atoms with Crippen LogP contribution in [0.2, 0.25) is 0 Å². The summed E-state index contributed by atoms with van der Waals surface area (Å²) in [5, 5.41) is 0. The van der Waals surface area contributed by atoms with Gasteiger partial charge in [-0.1, -0.05) is 13.8 Å². The van der Waals surface area contributed by atoms with Crippen LogP contribution in [-0.4, -0.2) is 36.8 Å². The van der Waals surface area contributed by atoms with Crippen molar-refractivity contribution in [2.24, 2.45) is 11.1 Å². The van der Waals surface area contributed by atoms with Crippen LogP contribution in [0.1, 0.15) is 20.3 Å². The van der Waals surface area contributed by atoms with E-state index in [1.54, 1.807) is 0 Å². The van der Waals surface area contributed by atoms with Crippen molar-refractivity contribution in [1.82, 2.24) is 9.29 Å². The summed E-state index contributed by atoms with van der Waals surface area (Å²) < 4.78 is 26.2. The van der Waals surface area contributed by atoms with Crippen LogP contribution in [0.15, 0.2) is 29.4 Å². The maximum absolute atomic E-state index is 12.4. The molecule has 1 aromatic rings. The fourth-order valence-electron chi connectivity index (χ4n) is 2.03. The molecule has 0 aromatic carbocycles. The number of hydrogen-bond donors (Lipinski definition) is 1. The summed E-state index contributed by atoms with van der Waals surface area (Å²) >= 11 is 0. The summed E-state index contributed by atoms with van der Waals surface area (Å²) in [4.78, 5) is 4.12. The first-order valence-corrected chi connectivity index (χ1v) is 7.44. The van der Waals surface area contributed by atoms with E-state index in [4.69, 9.17) is 5.73 Å². The molecule has 1 aromatic heterocycles. The smallest absolute Gasteiger partial charge is 0.243 e. The van der Waals surface area contributed by atoms with Gasteiger partial charge in [0.2, 0.25) is 10.0 Å². The van der Waals surface area contributed by atoms with Crippen molar-refractivity contribution in [3.05, 3.63) is 24.5 Å². The molecule has 1 saturated heterocycles. The highest BCUT2D eigenvalue weighted by atomic mass is 32.2. The number of aromatic nitrogens is 1. The van der Waals surface area contributed by atoms with Gasteiger partial charge in [0.1, 0.15) is 0 Å². The van der Waals surface area contributed by atoms with E-state index in [2.05, 4.69) is 18.8 Å². The Bertz CT molecular complexity index is 513. The van der Waals surface area contributed by atoms with Gasteiger partial charge in [0, 0.05) is 31.5 Å². The third-order valence-corrected chi connectivity index (χ3v) is 5.58.